The molecule has 1 heterocycles. The minimum absolute atomic E-state index is 0.424. The van der Waals surface area contributed by atoms with Crippen LogP contribution in [0.5, 0.6) is 0 Å². The largest absolute Gasteiger partial charge is 0.330 e. The van der Waals surface area contributed by atoms with Gasteiger partial charge in [-0.05, 0) is 58.4 Å². The lowest BCUT2D eigenvalue weighted by molar-refractivity contribution is -0.00721. The van der Waals surface area contributed by atoms with Crippen molar-refractivity contribution in [2.24, 2.45) is 11.7 Å². The van der Waals surface area contributed by atoms with Crippen LogP contribution in [0.4, 0.5) is 0 Å². The number of hydrogen-bond acceptors (Lipinski definition) is 2. The summed E-state index contributed by atoms with van der Waals surface area (Å²) in [4.78, 5) is 2.83. The molecule has 0 amide bonds. The maximum atomic E-state index is 5.73. The van der Waals surface area contributed by atoms with Crippen molar-refractivity contribution < 1.29 is 0 Å². The molecule has 1 atom stereocenters. The highest BCUT2D eigenvalue weighted by Gasteiger charge is 2.38. The van der Waals surface area contributed by atoms with Gasteiger partial charge in [-0.1, -0.05) is 19.3 Å². The molecular formula is C15H30N2. The summed E-state index contributed by atoms with van der Waals surface area (Å²) in [7, 11) is 0. The van der Waals surface area contributed by atoms with E-state index in [2.05, 4.69) is 18.7 Å². The smallest absolute Gasteiger partial charge is 0.0156 e. The van der Waals surface area contributed by atoms with Crippen LogP contribution in [-0.4, -0.2) is 29.6 Å². The van der Waals surface area contributed by atoms with Crippen molar-refractivity contribution in [3.8, 4) is 0 Å². The summed E-state index contributed by atoms with van der Waals surface area (Å²) in [6.07, 6.45) is 11.2. The van der Waals surface area contributed by atoms with Gasteiger partial charge >= 0.3 is 0 Å². The van der Waals surface area contributed by atoms with Crippen molar-refractivity contribution in [2.75, 3.05) is 13.1 Å². The highest BCUT2D eigenvalue weighted by atomic mass is 15.2. The van der Waals surface area contributed by atoms with Gasteiger partial charge in [0.05, 0.1) is 0 Å². The Morgan fingerprint density at radius 3 is 2.47 bits per heavy atom. The second kappa shape index (κ2) is 5.71. The van der Waals surface area contributed by atoms with Crippen LogP contribution in [0.15, 0.2) is 0 Å². The van der Waals surface area contributed by atoms with Crippen molar-refractivity contribution in [2.45, 2.75) is 76.8 Å². The van der Waals surface area contributed by atoms with Crippen molar-refractivity contribution in [1.29, 1.82) is 0 Å². The van der Waals surface area contributed by atoms with Gasteiger partial charge in [-0.25, -0.2) is 0 Å². The number of piperidine rings is 1. The van der Waals surface area contributed by atoms with Crippen molar-refractivity contribution >= 4 is 0 Å². The van der Waals surface area contributed by atoms with E-state index in [1.807, 2.05) is 0 Å². The third kappa shape index (κ3) is 3.23. The van der Waals surface area contributed by atoms with E-state index in [1.54, 1.807) is 0 Å². The molecule has 100 valence electrons. The Labute approximate surface area is 107 Å². The summed E-state index contributed by atoms with van der Waals surface area (Å²) in [5, 5.41) is 0. The van der Waals surface area contributed by atoms with Crippen molar-refractivity contribution in [1.82, 2.24) is 4.90 Å². The van der Waals surface area contributed by atoms with E-state index >= 15 is 0 Å². The molecule has 2 rings (SSSR count). The van der Waals surface area contributed by atoms with E-state index in [9.17, 15) is 0 Å². The first kappa shape index (κ1) is 13.4. The Hall–Kier alpha value is -0.0800. The number of hydrogen-bond donors (Lipinski definition) is 1. The molecule has 0 bridgehead atoms. The molecule has 1 saturated heterocycles. The lowest BCUT2D eigenvalue weighted by Gasteiger charge is -2.50. The predicted octanol–water partition coefficient (Wildman–Crippen LogP) is 3.16. The lowest BCUT2D eigenvalue weighted by atomic mass is 9.80. The zero-order valence-corrected chi connectivity index (χ0v) is 11.8. The fourth-order valence-corrected chi connectivity index (χ4v) is 3.82. The maximum absolute atomic E-state index is 5.73. The van der Waals surface area contributed by atoms with Crippen molar-refractivity contribution in [3.05, 3.63) is 0 Å². The zero-order chi connectivity index (χ0) is 12.3. The fourth-order valence-electron chi connectivity index (χ4n) is 3.82. The molecular weight excluding hydrogens is 208 g/mol. The molecule has 1 aliphatic heterocycles. The Bertz CT molecular complexity index is 231. The molecule has 2 nitrogen and oxygen atoms in total. The zero-order valence-electron chi connectivity index (χ0n) is 11.8. The Morgan fingerprint density at radius 2 is 1.82 bits per heavy atom. The summed E-state index contributed by atoms with van der Waals surface area (Å²) < 4.78 is 0. The standard InChI is InChI=1S/C15H30N2/c1-15(2)10-8-13(9-11-16)12-17(15)14-6-4-3-5-7-14/h13-14H,3-12,16H2,1-2H3. The molecule has 1 aliphatic carbocycles. The Morgan fingerprint density at radius 1 is 1.12 bits per heavy atom. The van der Waals surface area contributed by atoms with E-state index in [-0.39, 0.29) is 0 Å². The molecule has 2 N–H and O–H groups in total. The topological polar surface area (TPSA) is 29.3 Å². The second-order valence-electron chi connectivity index (χ2n) is 6.74. The first-order valence-corrected chi connectivity index (χ1v) is 7.60. The van der Waals surface area contributed by atoms with E-state index in [0.29, 0.717) is 5.54 Å². The summed E-state index contributed by atoms with van der Waals surface area (Å²) in [6.45, 7) is 7.05. The monoisotopic (exact) mass is 238 g/mol. The van der Waals surface area contributed by atoms with Crippen LogP contribution < -0.4 is 5.73 Å². The van der Waals surface area contributed by atoms with Crippen LogP contribution in [-0.2, 0) is 0 Å². The lowest BCUT2D eigenvalue weighted by Crippen LogP contribution is -2.55. The van der Waals surface area contributed by atoms with Gasteiger partial charge in [-0.2, -0.15) is 0 Å². The maximum Gasteiger partial charge on any atom is 0.0156 e. The van der Waals surface area contributed by atoms with Gasteiger partial charge in [0.2, 0.25) is 0 Å². The van der Waals surface area contributed by atoms with Gasteiger partial charge in [-0.3, -0.25) is 4.90 Å². The average molecular weight is 238 g/mol. The minimum Gasteiger partial charge on any atom is -0.330 e. The Balaban J connectivity index is 1.99. The molecule has 17 heavy (non-hydrogen) atoms. The molecule has 2 heteroatoms. The molecule has 0 spiro atoms. The molecule has 0 radical (unpaired) electrons. The van der Waals surface area contributed by atoms with Gasteiger partial charge < -0.3 is 5.73 Å². The van der Waals surface area contributed by atoms with Crippen LogP contribution >= 0.6 is 0 Å². The summed E-state index contributed by atoms with van der Waals surface area (Å²) >= 11 is 0. The fraction of sp³-hybridized carbons (Fsp3) is 1.00. The molecule has 0 aromatic heterocycles. The molecule has 0 aromatic rings. The van der Waals surface area contributed by atoms with Gasteiger partial charge in [-0.15, -0.1) is 0 Å². The average Bonchev–Trinajstić information content (AvgIpc) is 2.33. The van der Waals surface area contributed by atoms with Gasteiger partial charge in [0.1, 0.15) is 0 Å². The van der Waals surface area contributed by atoms with E-state index < -0.39 is 0 Å². The summed E-state index contributed by atoms with van der Waals surface area (Å²) in [6, 6.07) is 0.860. The van der Waals surface area contributed by atoms with Crippen LogP contribution in [0, 0.1) is 5.92 Å². The highest BCUT2D eigenvalue weighted by molar-refractivity contribution is 4.93. The SMILES string of the molecule is CC1(C)CCC(CCN)CN1C1CCCCC1. The molecule has 2 fully saturated rings. The van der Waals surface area contributed by atoms with Crippen LogP contribution in [0.25, 0.3) is 0 Å². The van der Waals surface area contributed by atoms with E-state index in [1.165, 1.54) is 57.9 Å². The van der Waals surface area contributed by atoms with Crippen LogP contribution in [0.3, 0.4) is 0 Å². The molecule has 2 aliphatic rings. The highest BCUT2D eigenvalue weighted by Crippen LogP contribution is 2.37. The van der Waals surface area contributed by atoms with Crippen LogP contribution in [0.2, 0.25) is 0 Å². The van der Waals surface area contributed by atoms with Crippen LogP contribution in [0.1, 0.15) is 65.2 Å². The second-order valence-corrected chi connectivity index (χ2v) is 6.74. The van der Waals surface area contributed by atoms with Gasteiger partial charge in [0.25, 0.3) is 0 Å². The van der Waals surface area contributed by atoms with E-state index in [0.717, 1.165) is 18.5 Å². The number of likely N-dealkylation sites (tertiary alicyclic amines) is 1. The van der Waals surface area contributed by atoms with Gasteiger partial charge in [0.15, 0.2) is 0 Å². The first-order valence-electron chi connectivity index (χ1n) is 7.60. The number of nitrogens with two attached hydrogens (primary N) is 1. The van der Waals surface area contributed by atoms with Gasteiger partial charge in [0, 0.05) is 18.1 Å². The molecule has 0 aromatic carbocycles. The normalized spacial score (nSPS) is 31.6. The third-order valence-corrected chi connectivity index (χ3v) is 4.99. The first-order chi connectivity index (χ1) is 8.13. The Kier molecular flexibility index (Phi) is 4.48. The van der Waals surface area contributed by atoms with Crippen molar-refractivity contribution in [3.63, 3.8) is 0 Å². The molecule has 1 unspecified atom stereocenters. The quantitative estimate of drug-likeness (QED) is 0.818. The minimum atomic E-state index is 0.424. The summed E-state index contributed by atoms with van der Waals surface area (Å²) in [5.41, 5.74) is 6.16. The number of rotatable bonds is 3. The summed E-state index contributed by atoms with van der Waals surface area (Å²) in [5.74, 6) is 0.856. The van der Waals surface area contributed by atoms with E-state index in [4.69, 9.17) is 5.73 Å². The number of nitrogens with zero attached hydrogens (tertiary/aromatic N) is 1. The third-order valence-electron chi connectivity index (χ3n) is 4.99. The predicted molar refractivity (Wildman–Crippen MR) is 74.1 cm³/mol. The molecule has 1 saturated carbocycles.